The Morgan fingerprint density at radius 3 is 2.27 bits per heavy atom. The minimum Gasteiger partial charge on any atom is -0.289 e. The molecule has 0 amide bonds. The molecule has 1 heterocycles. The highest BCUT2D eigenvalue weighted by Gasteiger charge is 2.24. The number of sulfonamides is 1. The van der Waals surface area contributed by atoms with Gasteiger partial charge in [-0.3, -0.25) is 4.90 Å². The fourth-order valence-corrected chi connectivity index (χ4v) is 1.93. The summed E-state index contributed by atoms with van der Waals surface area (Å²) < 4.78 is 23.5. The van der Waals surface area contributed by atoms with Gasteiger partial charge in [0.2, 0.25) is 10.0 Å². The zero-order chi connectivity index (χ0) is 8.48. The van der Waals surface area contributed by atoms with Crippen molar-refractivity contribution >= 4 is 10.0 Å². The predicted molar refractivity (Wildman–Crippen MR) is 43.7 cm³/mol. The maximum absolute atomic E-state index is 11.0. The van der Waals surface area contributed by atoms with Gasteiger partial charge in [0.25, 0.3) is 0 Å². The number of likely N-dealkylation sites (N-methyl/N-ethyl adjacent to an activating group) is 1. The maximum atomic E-state index is 11.0. The van der Waals surface area contributed by atoms with Crippen molar-refractivity contribution in [3.8, 4) is 0 Å². The Hall–Kier alpha value is -0.130. The van der Waals surface area contributed by atoms with Crippen LogP contribution in [-0.2, 0) is 10.0 Å². The Labute approximate surface area is 67.8 Å². The van der Waals surface area contributed by atoms with E-state index in [1.54, 1.807) is 0 Å². The van der Waals surface area contributed by atoms with E-state index in [4.69, 9.17) is 0 Å². The molecule has 11 heavy (non-hydrogen) atoms. The minimum absolute atomic E-state index is 0.565. The van der Waals surface area contributed by atoms with Gasteiger partial charge in [-0.1, -0.05) is 6.92 Å². The highest BCUT2D eigenvalue weighted by atomic mass is 32.2. The summed E-state index contributed by atoms with van der Waals surface area (Å²) in [4.78, 5) is 2.10. The molecule has 0 bridgehead atoms. The standard InChI is InChI=1S/C6H14N2O2S/c1-3-7-4-5-8(6-7)11(2,9)10/h3-6H2,1-2H3. The van der Waals surface area contributed by atoms with Crippen LogP contribution in [-0.4, -0.2) is 50.2 Å². The molecule has 4 nitrogen and oxygen atoms in total. The third-order valence-corrected chi connectivity index (χ3v) is 3.18. The van der Waals surface area contributed by atoms with E-state index in [0.29, 0.717) is 13.2 Å². The summed E-state index contributed by atoms with van der Waals surface area (Å²) in [6, 6.07) is 0. The summed E-state index contributed by atoms with van der Waals surface area (Å²) in [6.45, 7) is 5.03. The summed E-state index contributed by atoms with van der Waals surface area (Å²) >= 11 is 0. The van der Waals surface area contributed by atoms with Crippen LogP contribution >= 0.6 is 0 Å². The second-order valence-corrected chi connectivity index (χ2v) is 4.77. The molecule has 0 aromatic carbocycles. The van der Waals surface area contributed by atoms with Crippen molar-refractivity contribution in [3.05, 3.63) is 0 Å². The fourth-order valence-electron chi connectivity index (χ4n) is 1.15. The van der Waals surface area contributed by atoms with E-state index >= 15 is 0 Å². The van der Waals surface area contributed by atoms with Gasteiger partial charge in [-0.2, -0.15) is 4.31 Å². The van der Waals surface area contributed by atoms with Gasteiger partial charge in [0, 0.05) is 13.1 Å². The monoisotopic (exact) mass is 178 g/mol. The average molecular weight is 178 g/mol. The van der Waals surface area contributed by atoms with E-state index in [0.717, 1.165) is 13.1 Å². The van der Waals surface area contributed by atoms with Crippen LogP contribution < -0.4 is 0 Å². The van der Waals surface area contributed by atoms with Crippen molar-refractivity contribution in [1.82, 2.24) is 9.21 Å². The first kappa shape index (κ1) is 8.96. The van der Waals surface area contributed by atoms with Crippen LogP contribution in [0.3, 0.4) is 0 Å². The molecule has 1 fully saturated rings. The van der Waals surface area contributed by atoms with Crippen molar-refractivity contribution < 1.29 is 8.42 Å². The first-order valence-corrected chi connectivity index (χ1v) is 5.56. The van der Waals surface area contributed by atoms with Crippen molar-refractivity contribution in [2.24, 2.45) is 0 Å². The first-order chi connectivity index (χ1) is 5.04. The zero-order valence-electron chi connectivity index (χ0n) is 6.95. The van der Waals surface area contributed by atoms with E-state index in [1.807, 2.05) is 6.92 Å². The summed E-state index contributed by atoms with van der Waals surface area (Å²) in [7, 11) is -2.95. The van der Waals surface area contributed by atoms with Crippen molar-refractivity contribution in [2.75, 3.05) is 32.6 Å². The molecule has 0 unspecified atom stereocenters. The molecule has 0 aromatic heterocycles. The molecular weight excluding hydrogens is 164 g/mol. The van der Waals surface area contributed by atoms with Crippen LogP contribution in [0.25, 0.3) is 0 Å². The second-order valence-electron chi connectivity index (χ2n) is 2.79. The molecule has 1 rings (SSSR count). The third kappa shape index (κ3) is 2.15. The van der Waals surface area contributed by atoms with Crippen LogP contribution in [0.15, 0.2) is 0 Å². The van der Waals surface area contributed by atoms with Crippen molar-refractivity contribution in [2.45, 2.75) is 6.92 Å². The largest absolute Gasteiger partial charge is 0.289 e. The van der Waals surface area contributed by atoms with Crippen molar-refractivity contribution in [1.29, 1.82) is 0 Å². The smallest absolute Gasteiger partial charge is 0.212 e. The molecule has 1 aliphatic heterocycles. The lowest BCUT2D eigenvalue weighted by Gasteiger charge is -2.13. The van der Waals surface area contributed by atoms with Gasteiger partial charge < -0.3 is 0 Å². The highest BCUT2D eigenvalue weighted by Crippen LogP contribution is 2.07. The Balaban J connectivity index is 2.55. The van der Waals surface area contributed by atoms with Crippen LogP contribution in [0.2, 0.25) is 0 Å². The first-order valence-electron chi connectivity index (χ1n) is 3.71. The average Bonchev–Trinajstić information content (AvgIpc) is 2.32. The maximum Gasteiger partial charge on any atom is 0.212 e. The normalized spacial score (nSPS) is 22.7. The van der Waals surface area contributed by atoms with Gasteiger partial charge in [-0.25, -0.2) is 8.42 Å². The summed E-state index contributed by atoms with van der Waals surface area (Å²) in [5.41, 5.74) is 0. The van der Waals surface area contributed by atoms with Gasteiger partial charge in [0.05, 0.1) is 12.9 Å². The molecule has 0 atom stereocenters. The summed E-state index contributed by atoms with van der Waals surface area (Å²) in [5.74, 6) is 0. The molecule has 66 valence electrons. The predicted octanol–water partition coefficient (Wildman–Crippen LogP) is -0.459. The number of hydrogen-bond donors (Lipinski definition) is 0. The molecule has 0 saturated carbocycles. The lowest BCUT2D eigenvalue weighted by atomic mass is 10.6. The SMILES string of the molecule is CCN1CCN(S(C)(=O)=O)C1. The van der Waals surface area contributed by atoms with E-state index in [2.05, 4.69) is 4.90 Å². The Morgan fingerprint density at radius 2 is 2.00 bits per heavy atom. The Kier molecular flexibility index (Phi) is 2.51. The lowest BCUT2D eigenvalue weighted by molar-refractivity contribution is 0.319. The van der Waals surface area contributed by atoms with E-state index in [9.17, 15) is 8.42 Å². The van der Waals surface area contributed by atoms with Gasteiger partial charge >= 0.3 is 0 Å². The lowest BCUT2D eigenvalue weighted by Crippen LogP contribution is -2.30. The van der Waals surface area contributed by atoms with E-state index in [1.165, 1.54) is 10.6 Å². The fraction of sp³-hybridized carbons (Fsp3) is 1.00. The van der Waals surface area contributed by atoms with Crippen LogP contribution in [0.1, 0.15) is 6.92 Å². The summed E-state index contributed by atoms with van der Waals surface area (Å²) in [6.07, 6.45) is 1.26. The van der Waals surface area contributed by atoms with E-state index < -0.39 is 10.0 Å². The van der Waals surface area contributed by atoms with Gasteiger partial charge in [-0.05, 0) is 6.54 Å². The van der Waals surface area contributed by atoms with Gasteiger partial charge in [0.1, 0.15) is 0 Å². The van der Waals surface area contributed by atoms with Crippen LogP contribution in [0.5, 0.6) is 0 Å². The molecule has 1 saturated heterocycles. The van der Waals surface area contributed by atoms with Gasteiger partial charge in [-0.15, -0.1) is 0 Å². The Bertz CT molecular complexity index is 225. The third-order valence-electron chi connectivity index (χ3n) is 1.94. The second kappa shape index (κ2) is 3.08. The van der Waals surface area contributed by atoms with Crippen LogP contribution in [0, 0.1) is 0 Å². The molecule has 0 radical (unpaired) electrons. The van der Waals surface area contributed by atoms with Crippen LogP contribution in [0.4, 0.5) is 0 Å². The summed E-state index contributed by atoms with van der Waals surface area (Å²) in [5, 5.41) is 0. The molecule has 0 N–H and O–H groups in total. The van der Waals surface area contributed by atoms with Crippen molar-refractivity contribution in [3.63, 3.8) is 0 Å². The molecule has 0 aromatic rings. The quantitative estimate of drug-likeness (QED) is 0.574. The molecule has 0 aliphatic carbocycles. The topological polar surface area (TPSA) is 40.6 Å². The highest BCUT2D eigenvalue weighted by molar-refractivity contribution is 7.88. The molecule has 0 spiro atoms. The Morgan fingerprint density at radius 1 is 1.36 bits per heavy atom. The van der Waals surface area contributed by atoms with Gasteiger partial charge in [0.15, 0.2) is 0 Å². The zero-order valence-corrected chi connectivity index (χ0v) is 7.76. The molecule has 5 heteroatoms. The number of rotatable bonds is 2. The van der Waals surface area contributed by atoms with E-state index in [-0.39, 0.29) is 0 Å². The minimum atomic E-state index is -2.95. The number of nitrogens with zero attached hydrogens (tertiary/aromatic N) is 2. The number of hydrogen-bond acceptors (Lipinski definition) is 3. The molecule has 1 aliphatic rings. The molecular formula is C6H14N2O2S.